The SMILES string of the molecule is COC(=O)c1c(NC(=O)c2cc(Cl)ccc2[N+](=O)[O-])sc2c1CCCCCC2. The summed E-state index contributed by atoms with van der Waals surface area (Å²) in [6.45, 7) is 0. The Kier molecular flexibility index (Phi) is 6.31. The molecule has 1 heterocycles. The van der Waals surface area contributed by atoms with Gasteiger partial charge < -0.3 is 10.1 Å². The van der Waals surface area contributed by atoms with Crippen LogP contribution in [0.5, 0.6) is 0 Å². The number of carbonyl (C=O) groups is 2. The zero-order valence-electron chi connectivity index (χ0n) is 15.2. The summed E-state index contributed by atoms with van der Waals surface area (Å²) in [4.78, 5) is 36.9. The van der Waals surface area contributed by atoms with Crippen LogP contribution in [-0.2, 0) is 17.6 Å². The fourth-order valence-corrected chi connectivity index (χ4v) is 4.79. The molecule has 148 valence electrons. The summed E-state index contributed by atoms with van der Waals surface area (Å²) >= 11 is 7.25. The molecule has 0 saturated carbocycles. The molecule has 0 saturated heterocycles. The van der Waals surface area contributed by atoms with E-state index in [1.54, 1.807) is 0 Å². The second-order valence-electron chi connectivity index (χ2n) is 6.49. The molecule has 28 heavy (non-hydrogen) atoms. The normalized spacial score (nSPS) is 13.8. The average Bonchev–Trinajstić information content (AvgIpc) is 2.96. The number of nitrogens with one attached hydrogen (secondary N) is 1. The van der Waals surface area contributed by atoms with E-state index in [0.29, 0.717) is 10.6 Å². The molecule has 1 aromatic carbocycles. The standard InChI is InChI=1S/C19H19ClN2O5S/c1-27-19(24)16-12-6-4-2-3-5-7-15(12)28-18(16)21-17(23)13-10-11(20)8-9-14(13)22(25)26/h8-10H,2-7H2,1H3,(H,21,23). The number of benzene rings is 1. The van der Waals surface area contributed by atoms with Gasteiger partial charge in [-0.3, -0.25) is 14.9 Å². The number of amides is 1. The lowest BCUT2D eigenvalue weighted by atomic mass is 9.96. The van der Waals surface area contributed by atoms with Crippen molar-refractivity contribution in [1.82, 2.24) is 0 Å². The number of ether oxygens (including phenoxy) is 1. The highest BCUT2D eigenvalue weighted by Crippen LogP contribution is 2.38. The molecule has 1 amide bonds. The molecule has 0 unspecified atom stereocenters. The Morgan fingerprint density at radius 1 is 1.21 bits per heavy atom. The van der Waals surface area contributed by atoms with Crippen LogP contribution in [0.25, 0.3) is 0 Å². The predicted octanol–water partition coefficient (Wildman–Crippen LogP) is 5.01. The van der Waals surface area contributed by atoms with Gasteiger partial charge in [-0.1, -0.05) is 24.4 Å². The number of carbonyl (C=O) groups excluding carboxylic acids is 2. The van der Waals surface area contributed by atoms with E-state index in [1.807, 2.05) is 0 Å². The topological polar surface area (TPSA) is 98.5 Å². The second kappa shape index (κ2) is 8.70. The Morgan fingerprint density at radius 2 is 1.93 bits per heavy atom. The molecule has 3 rings (SSSR count). The first-order valence-corrected chi connectivity index (χ1v) is 10.1. The van der Waals surface area contributed by atoms with E-state index in [4.69, 9.17) is 16.3 Å². The van der Waals surface area contributed by atoms with Gasteiger partial charge >= 0.3 is 5.97 Å². The molecule has 0 aliphatic heterocycles. The number of rotatable bonds is 4. The molecule has 0 spiro atoms. The number of esters is 1. The van der Waals surface area contributed by atoms with E-state index in [9.17, 15) is 19.7 Å². The Morgan fingerprint density at radius 3 is 2.61 bits per heavy atom. The number of halogens is 1. The maximum Gasteiger partial charge on any atom is 0.341 e. The van der Waals surface area contributed by atoms with E-state index >= 15 is 0 Å². The predicted molar refractivity (Wildman–Crippen MR) is 108 cm³/mol. The van der Waals surface area contributed by atoms with E-state index in [2.05, 4.69) is 5.32 Å². The van der Waals surface area contributed by atoms with Crippen LogP contribution in [0.3, 0.4) is 0 Å². The summed E-state index contributed by atoms with van der Waals surface area (Å²) in [5.41, 5.74) is 0.750. The Balaban J connectivity index is 2.01. The highest BCUT2D eigenvalue weighted by molar-refractivity contribution is 7.17. The van der Waals surface area contributed by atoms with Gasteiger partial charge in [-0.05, 0) is 43.4 Å². The zero-order valence-corrected chi connectivity index (χ0v) is 16.8. The molecule has 0 fully saturated rings. The average molecular weight is 423 g/mol. The number of anilines is 1. The van der Waals surface area contributed by atoms with Crippen molar-refractivity contribution in [3.05, 3.63) is 54.9 Å². The van der Waals surface area contributed by atoms with E-state index in [1.165, 1.54) is 36.6 Å². The van der Waals surface area contributed by atoms with E-state index in [0.717, 1.165) is 49.0 Å². The number of fused-ring (bicyclic) bond motifs is 1. The van der Waals surface area contributed by atoms with Crippen molar-refractivity contribution in [1.29, 1.82) is 0 Å². The van der Waals surface area contributed by atoms with Crippen molar-refractivity contribution < 1.29 is 19.2 Å². The number of nitro groups is 1. The van der Waals surface area contributed by atoms with Gasteiger partial charge in [-0.25, -0.2) is 4.79 Å². The molecular formula is C19H19ClN2O5S. The maximum absolute atomic E-state index is 12.8. The number of thiophene rings is 1. The number of aryl methyl sites for hydroxylation is 1. The fraction of sp³-hybridized carbons (Fsp3) is 0.368. The summed E-state index contributed by atoms with van der Waals surface area (Å²) in [5.74, 6) is -1.21. The largest absolute Gasteiger partial charge is 0.465 e. The Labute approximate surface area is 170 Å². The molecule has 7 nitrogen and oxygen atoms in total. The van der Waals surface area contributed by atoms with Crippen LogP contribution in [0, 0.1) is 10.1 Å². The first kappa shape index (κ1) is 20.3. The lowest BCUT2D eigenvalue weighted by Crippen LogP contribution is -2.16. The number of methoxy groups -OCH3 is 1. The fourth-order valence-electron chi connectivity index (χ4n) is 3.35. The van der Waals surface area contributed by atoms with Crippen LogP contribution >= 0.6 is 22.9 Å². The highest BCUT2D eigenvalue weighted by Gasteiger charge is 2.28. The van der Waals surface area contributed by atoms with Gasteiger partial charge in [0.1, 0.15) is 10.6 Å². The summed E-state index contributed by atoms with van der Waals surface area (Å²) in [6, 6.07) is 3.79. The monoisotopic (exact) mass is 422 g/mol. The van der Waals surface area contributed by atoms with Crippen LogP contribution in [0.4, 0.5) is 10.7 Å². The molecule has 2 aromatic rings. The van der Waals surface area contributed by atoms with Gasteiger partial charge in [0.05, 0.1) is 17.6 Å². The Hall–Kier alpha value is -2.45. The first-order chi connectivity index (χ1) is 13.4. The Bertz CT molecular complexity index is 941. The van der Waals surface area contributed by atoms with Crippen LogP contribution in [-0.4, -0.2) is 23.9 Å². The summed E-state index contributed by atoms with van der Waals surface area (Å²) in [5, 5.41) is 14.5. The molecule has 1 aliphatic rings. The highest BCUT2D eigenvalue weighted by atomic mass is 35.5. The summed E-state index contributed by atoms with van der Waals surface area (Å²) in [6.07, 6.45) is 5.76. The van der Waals surface area contributed by atoms with Crippen LogP contribution in [0.2, 0.25) is 5.02 Å². The minimum Gasteiger partial charge on any atom is -0.465 e. The van der Waals surface area contributed by atoms with Crippen molar-refractivity contribution in [2.24, 2.45) is 0 Å². The molecule has 1 N–H and O–H groups in total. The number of hydrogen-bond acceptors (Lipinski definition) is 6. The lowest BCUT2D eigenvalue weighted by molar-refractivity contribution is -0.385. The third kappa shape index (κ3) is 4.18. The van der Waals surface area contributed by atoms with Gasteiger partial charge in [0.15, 0.2) is 0 Å². The van der Waals surface area contributed by atoms with E-state index in [-0.39, 0.29) is 16.3 Å². The molecular weight excluding hydrogens is 404 g/mol. The zero-order chi connectivity index (χ0) is 20.3. The number of nitro benzene ring substituents is 1. The number of hydrogen-bond donors (Lipinski definition) is 1. The van der Waals surface area contributed by atoms with Crippen molar-refractivity contribution in [2.75, 3.05) is 12.4 Å². The molecule has 1 aliphatic carbocycles. The molecule has 0 atom stereocenters. The third-order valence-electron chi connectivity index (χ3n) is 4.69. The minimum atomic E-state index is -0.687. The van der Waals surface area contributed by atoms with Crippen molar-refractivity contribution in [2.45, 2.75) is 38.5 Å². The molecule has 9 heteroatoms. The van der Waals surface area contributed by atoms with Crippen molar-refractivity contribution in [3.8, 4) is 0 Å². The van der Waals surface area contributed by atoms with Gasteiger partial charge in [-0.2, -0.15) is 0 Å². The lowest BCUT2D eigenvalue weighted by Gasteiger charge is -2.11. The van der Waals surface area contributed by atoms with Gasteiger partial charge in [0.2, 0.25) is 0 Å². The van der Waals surface area contributed by atoms with Crippen molar-refractivity contribution >= 4 is 45.5 Å². The van der Waals surface area contributed by atoms with Crippen molar-refractivity contribution in [3.63, 3.8) is 0 Å². The van der Waals surface area contributed by atoms with Crippen LogP contribution in [0.1, 0.15) is 56.8 Å². The third-order valence-corrected chi connectivity index (χ3v) is 6.13. The van der Waals surface area contributed by atoms with Gasteiger partial charge in [-0.15, -0.1) is 11.3 Å². The van der Waals surface area contributed by atoms with Gasteiger partial charge in [0, 0.05) is 16.0 Å². The summed E-state index contributed by atoms with van der Waals surface area (Å²) in [7, 11) is 1.29. The van der Waals surface area contributed by atoms with Crippen LogP contribution < -0.4 is 5.32 Å². The summed E-state index contributed by atoms with van der Waals surface area (Å²) < 4.78 is 4.93. The molecule has 1 aromatic heterocycles. The first-order valence-electron chi connectivity index (χ1n) is 8.90. The second-order valence-corrected chi connectivity index (χ2v) is 8.03. The molecule has 0 bridgehead atoms. The smallest absolute Gasteiger partial charge is 0.341 e. The minimum absolute atomic E-state index is 0.158. The van der Waals surface area contributed by atoms with Gasteiger partial charge in [0.25, 0.3) is 11.6 Å². The number of nitrogens with zero attached hydrogens (tertiary/aromatic N) is 1. The molecule has 0 radical (unpaired) electrons. The van der Waals surface area contributed by atoms with Crippen LogP contribution in [0.15, 0.2) is 18.2 Å². The van der Waals surface area contributed by atoms with E-state index < -0.39 is 16.8 Å². The maximum atomic E-state index is 12.8. The quantitative estimate of drug-likeness (QED) is 0.424.